The molecule has 0 radical (unpaired) electrons. The highest BCUT2D eigenvalue weighted by Gasteiger charge is 2.10. The van der Waals surface area contributed by atoms with E-state index in [1.165, 1.54) is 18.3 Å². The number of para-hydroxylation sites is 2. The van der Waals surface area contributed by atoms with Crippen LogP contribution in [0.3, 0.4) is 0 Å². The second-order valence-electron chi connectivity index (χ2n) is 3.85. The largest absolute Gasteiger partial charge is 0.507 e. The van der Waals surface area contributed by atoms with Gasteiger partial charge in [0.25, 0.3) is 5.69 Å². The topological polar surface area (TPSA) is 87.8 Å². The molecule has 0 aromatic heterocycles. The van der Waals surface area contributed by atoms with Gasteiger partial charge >= 0.3 is 0 Å². The van der Waals surface area contributed by atoms with Crippen LogP contribution in [0.1, 0.15) is 5.56 Å². The number of nitrogens with one attached hydrogen (secondary N) is 1. The number of phenols is 1. The van der Waals surface area contributed by atoms with E-state index in [-0.39, 0.29) is 17.1 Å². The lowest BCUT2D eigenvalue weighted by atomic mass is 10.2. The number of nitro benzene ring substituents is 1. The van der Waals surface area contributed by atoms with Gasteiger partial charge in [0.05, 0.1) is 11.1 Å². The van der Waals surface area contributed by atoms with Crippen molar-refractivity contribution < 1.29 is 10.0 Å². The highest BCUT2D eigenvalue weighted by atomic mass is 79.9. The molecule has 0 saturated carbocycles. The molecule has 0 amide bonds. The van der Waals surface area contributed by atoms with Crippen molar-refractivity contribution >= 4 is 33.5 Å². The van der Waals surface area contributed by atoms with Crippen LogP contribution in [0.15, 0.2) is 52.0 Å². The first kappa shape index (κ1) is 14.0. The number of halogens is 1. The Bertz CT molecular complexity index is 674. The molecule has 0 saturated heterocycles. The number of phenolic OH excluding ortho intramolecular Hbond substituents is 1. The number of aromatic hydroxyl groups is 1. The number of nitro groups is 1. The van der Waals surface area contributed by atoms with Gasteiger partial charge in [-0.1, -0.05) is 28.1 Å². The van der Waals surface area contributed by atoms with E-state index in [0.29, 0.717) is 5.56 Å². The molecule has 2 aromatic carbocycles. The van der Waals surface area contributed by atoms with Crippen LogP contribution in [0, 0.1) is 10.1 Å². The van der Waals surface area contributed by atoms with Crippen molar-refractivity contribution in [1.82, 2.24) is 0 Å². The fraction of sp³-hybridized carbons (Fsp3) is 0. The van der Waals surface area contributed by atoms with Crippen LogP contribution in [0.25, 0.3) is 0 Å². The summed E-state index contributed by atoms with van der Waals surface area (Å²) < 4.78 is 0.794. The fourth-order valence-electron chi connectivity index (χ4n) is 1.53. The van der Waals surface area contributed by atoms with Gasteiger partial charge in [-0.05, 0) is 24.3 Å². The van der Waals surface area contributed by atoms with Crippen molar-refractivity contribution in [3.05, 3.63) is 62.6 Å². The molecule has 0 unspecified atom stereocenters. The Morgan fingerprint density at radius 1 is 1.30 bits per heavy atom. The SMILES string of the molecule is O=[N+]([O-])c1ccccc1N/N=C/c1cc(Br)ccc1O. The number of hydrogen-bond donors (Lipinski definition) is 2. The number of rotatable bonds is 4. The van der Waals surface area contributed by atoms with Gasteiger partial charge in [-0.3, -0.25) is 15.5 Å². The maximum atomic E-state index is 10.8. The maximum absolute atomic E-state index is 10.8. The summed E-state index contributed by atoms with van der Waals surface area (Å²) in [5, 5.41) is 24.3. The predicted octanol–water partition coefficient (Wildman–Crippen LogP) is 3.51. The van der Waals surface area contributed by atoms with Gasteiger partial charge in [0, 0.05) is 16.1 Å². The standard InChI is InChI=1S/C13H10BrN3O3/c14-10-5-6-13(18)9(7-10)8-15-16-11-3-1-2-4-12(11)17(19)20/h1-8,16,18H/b15-8+. The fourth-order valence-corrected chi connectivity index (χ4v) is 1.91. The normalized spacial score (nSPS) is 10.7. The highest BCUT2D eigenvalue weighted by molar-refractivity contribution is 9.10. The number of hydrazone groups is 1. The molecular formula is C13H10BrN3O3. The van der Waals surface area contributed by atoms with Crippen LogP contribution in [0.5, 0.6) is 5.75 Å². The molecule has 2 aromatic rings. The highest BCUT2D eigenvalue weighted by Crippen LogP contribution is 2.23. The number of hydrogen-bond acceptors (Lipinski definition) is 5. The van der Waals surface area contributed by atoms with Crippen LogP contribution < -0.4 is 5.43 Å². The first-order chi connectivity index (χ1) is 9.58. The molecule has 2 N–H and O–H groups in total. The molecule has 0 aliphatic rings. The van der Waals surface area contributed by atoms with E-state index in [9.17, 15) is 15.2 Å². The Kier molecular flexibility index (Phi) is 4.31. The zero-order chi connectivity index (χ0) is 14.5. The summed E-state index contributed by atoms with van der Waals surface area (Å²) in [6, 6.07) is 11.1. The van der Waals surface area contributed by atoms with Crippen LogP contribution in [-0.4, -0.2) is 16.2 Å². The third-order valence-corrected chi connectivity index (χ3v) is 2.97. The quantitative estimate of drug-likeness (QED) is 0.508. The minimum atomic E-state index is -0.492. The predicted molar refractivity (Wildman–Crippen MR) is 80.1 cm³/mol. The Morgan fingerprint density at radius 3 is 2.80 bits per heavy atom. The molecule has 0 bridgehead atoms. The third-order valence-electron chi connectivity index (χ3n) is 2.48. The van der Waals surface area contributed by atoms with Crippen molar-refractivity contribution in [2.24, 2.45) is 5.10 Å². The summed E-state index contributed by atoms with van der Waals surface area (Å²) in [5.74, 6) is 0.0707. The Labute approximate surface area is 123 Å². The van der Waals surface area contributed by atoms with Gasteiger partial charge in [0.2, 0.25) is 0 Å². The zero-order valence-electron chi connectivity index (χ0n) is 10.2. The smallest absolute Gasteiger partial charge is 0.294 e. The molecule has 0 fully saturated rings. The second-order valence-corrected chi connectivity index (χ2v) is 4.76. The summed E-state index contributed by atoms with van der Waals surface area (Å²) in [4.78, 5) is 10.3. The van der Waals surface area contributed by atoms with Crippen LogP contribution in [0.2, 0.25) is 0 Å². The van der Waals surface area contributed by atoms with Crippen molar-refractivity contribution in [2.75, 3.05) is 5.43 Å². The van der Waals surface area contributed by atoms with Gasteiger partial charge in [0.15, 0.2) is 0 Å². The van der Waals surface area contributed by atoms with Gasteiger partial charge in [0.1, 0.15) is 11.4 Å². The lowest BCUT2D eigenvalue weighted by Crippen LogP contribution is -1.96. The van der Waals surface area contributed by atoms with E-state index in [1.54, 1.807) is 30.3 Å². The van der Waals surface area contributed by atoms with Crippen molar-refractivity contribution in [3.8, 4) is 5.75 Å². The maximum Gasteiger partial charge on any atom is 0.294 e. The molecule has 102 valence electrons. The third kappa shape index (κ3) is 3.33. The lowest BCUT2D eigenvalue weighted by Gasteiger charge is -2.02. The van der Waals surface area contributed by atoms with E-state index in [0.717, 1.165) is 4.47 Å². The Balaban J connectivity index is 2.18. The molecule has 2 rings (SSSR count). The van der Waals surface area contributed by atoms with E-state index in [2.05, 4.69) is 26.5 Å². The van der Waals surface area contributed by atoms with E-state index >= 15 is 0 Å². The monoisotopic (exact) mass is 335 g/mol. The number of anilines is 1. The van der Waals surface area contributed by atoms with E-state index in [1.807, 2.05) is 0 Å². The number of benzene rings is 2. The molecule has 0 aliphatic heterocycles. The summed E-state index contributed by atoms with van der Waals surface area (Å²) in [7, 11) is 0. The number of nitrogens with zero attached hydrogens (tertiary/aromatic N) is 2. The minimum absolute atomic E-state index is 0.0666. The molecule has 6 nitrogen and oxygen atoms in total. The average Bonchev–Trinajstić information content (AvgIpc) is 2.43. The van der Waals surface area contributed by atoms with E-state index in [4.69, 9.17) is 0 Å². The average molecular weight is 336 g/mol. The summed E-state index contributed by atoms with van der Waals surface area (Å²) >= 11 is 3.28. The summed E-state index contributed by atoms with van der Waals surface area (Å²) in [5.41, 5.74) is 3.30. The van der Waals surface area contributed by atoms with Crippen molar-refractivity contribution in [1.29, 1.82) is 0 Å². The Morgan fingerprint density at radius 2 is 2.05 bits per heavy atom. The minimum Gasteiger partial charge on any atom is -0.507 e. The van der Waals surface area contributed by atoms with Crippen LogP contribution in [0.4, 0.5) is 11.4 Å². The van der Waals surface area contributed by atoms with Gasteiger partial charge in [-0.25, -0.2) is 0 Å². The molecular weight excluding hydrogens is 326 g/mol. The van der Waals surface area contributed by atoms with E-state index < -0.39 is 4.92 Å². The second kappa shape index (κ2) is 6.16. The molecule has 0 spiro atoms. The van der Waals surface area contributed by atoms with Crippen molar-refractivity contribution in [3.63, 3.8) is 0 Å². The van der Waals surface area contributed by atoms with Crippen LogP contribution in [-0.2, 0) is 0 Å². The van der Waals surface area contributed by atoms with Gasteiger partial charge in [-0.2, -0.15) is 5.10 Å². The molecule has 0 heterocycles. The van der Waals surface area contributed by atoms with Gasteiger partial charge in [-0.15, -0.1) is 0 Å². The molecule has 7 heteroatoms. The van der Waals surface area contributed by atoms with Crippen LogP contribution >= 0.6 is 15.9 Å². The zero-order valence-corrected chi connectivity index (χ0v) is 11.7. The van der Waals surface area contributed by atoms with Gasteiger partial charge < -0.3 is 5.11 Å². The lowest BCUT2D eigenvalue weighted by molar-refractivity contribution is -0.384. The summed E-state index contributed by atoms with van der Waals surface area (Å²) in [6.07, 6.45) is 1.39. The molecule has 20 heavy (non-hydrogen) atoms. The van der Waals surface area contributed by atoms with Crippen molar-refractivity contribution in [2.45, 2.75) is 0 Å². The Hall–Kier alpha value is -2.41. The molecule has 0 aliphatic carbocycles. The first-order valence-corrected chi connectivity index (χ1v) is 6.38. The first-order valence-electron chi connectivity index (χ1n) is 5.59. The molecule has 0 atom stereocenters. The summed E-state index contributed by atoms with van der Waals surface area (Å²) in [6.45, 7) is 0.